The zero-order valence-electron chi connectivity index (χ0n) is 9.61. The van der Waals surface area contributed by atoms with E-state index in [0.29, 0.717) is 0 Å². The minimum atomic E-state index is 0.813. The number of aromatic nitrogens is 1. The Hall–Kier alpha value is -0.260. The van der Waals surface area contributed by atoms with Crippen LogP contribution in [0.25, 0.3) is 0 Å². The highest BCUT2D eigenvalue weighted by atomic mass is 32.2. The van der Waals surface area contributed by atoms with Crippen molar-refractivity contribution in [3.63, 3.8) is 0 Å². The number of nitrogens with two attached hydrogens (primary N) is 1. The monoisotopic (exact) mass is 257 g/mol. The fraction of sp³-hybridized carbons (Fsp3) is 0.727. The molecule has 1 heterocycles. The minimum absolute atomic E-state index is 0.813. The molecule has 0 amide bonds. The fourth-order valence-corrected chi connectivity index (χ4v) is 4.40. The van der Waals surface area contributed by atoms with E-state index in [9.17, 15) is 0 Å². The normalized spacial score (nSPS) is 25.6. The molecule has 1 aliphatic rings. The van der Waals surface area contributed by atoms with Gasteiger partial charge in [-0.3, -0.25) is 5.43 Å². The molecule has 0 spiro atoms. The molecule has 3 nitrogen and oxygen atoms in total. The Bertz CT molecular complexity index is 327. The standard InChI is InChI=1S/C11H19N3S2/c1-8-3-2-4-9(5-8)15-7-10-6-13-11(14-12)16-10/h6,8-9H,2-5,7,12H2,1H3,(H,13,14). The summed E-state index contributed by atoms with van der Waals surface area (Å²) in [6.07, 6.45) is 7.51. The highest BCUT2D eigenvalue weighted by Gasteiger charge is 2.19. The van der Waals surface area contributed by atoms with Crippen molar-refractivity contribution in [2.24, 2.45) is 11.8 Å². The summed E-state index contributed by atoms with van der Waals surface area (Å²) >= 11 is 3.73. The molecule has 90 valence electrons. The number of nitrogens with one attached hydrogen (secondary N) is 1. The van der Waals surface area contributed by atoms with Gasteiger partial charge in [0.15, 0.2) is 5.13 Å². The lowest BCUT2D eigenvalue weighted by Crippen LogP contribution is -2.15. The summed E-state index contributed by atoms with van der Waals surface area (Å²) in [6.45, 7) is 2.37. The Morgan fingerprint density at radius 3 is 3.19 bits per heavy atom. The molecular weight excluding hydrogens is 238 g/mol. The maximum absolute atomic E-state index is 5.31. The lowest BCUT2D eigenvalue weighted by molar-refractivity contribution is 0.394. The quantitative estimate of drug-likeness (QED) is 0.642. The number of nitrogen functional groups attached to an aromatic ring is 1. The molecule has 0 saturated heterocycles. The molecule has 5 heteroatoms. The van der Waals surface area contributed by atoms with Crippen molar-refractivity contribution in [3.05, 3.63) is 11.1 Å². The molecule has 0 aromatic carbocycles. The van der Waals surface area contributed by atoms with Crippen molar-refractivity contribution >= 4 is 28.2 Å². The summed E-state index contributed by atoms with van der Waals surface area (Å²) in [6, 6.07) is 0. The van der Waals surface area contributed by atoms with Crippen molar-refractivity contribution in [2.45, 2.75) is 43.6 Å². The third kappa shape index (κ3) is 3.37. The molecule has 16 heavy (non-hydrogen) atoms. The topological polar surface area (TPSA) is 50.9 Å². The molecule has 2 rings (SSSR count). The van der Waals surface area contributed by atoms with Crippen LogP contribution in [-0.4, -0.2) is 10.2 Å². The van der Waals surface area contributed by atoms with Crippen molar-refractivity contribution in [2.75, 3.05) is 5.43 Å². The highest BCUT2D eigenvalue weighted by Crippen LogP contribution is 2.34. The van der Waals surface area contributed by atoms with Crippen molar-refractivity contribution in [1.82, 2.24) is 4.98 Å². The Morgan fingerprint density at radius 1 is 1.62 bits per heavy atom. The average molecular weight is 257 g/mol. The van der Waals surface area contributed by atoms with Crippen LogP contribution in [0.2, 0.25) is 0 Å². The second-order valence-corrected chi connectivity index (χ2v) is 6.88. The van der Waals surface area contributed by atoms with Crippen LogP contribution in [0.1, 0.15) is 37.5 Å². The molecule has 2 atom stereocenters. The van der Waals surface area contributed by atoms with Gasteiger partial charge in [0.1, 0.15) is 0 Å². The second-order valence-electron chi connectivity index (χ2n) is 4.48. The van der Waals surface area contributed by atoms with Crippen LogP contribution in [0.15, 0.2) is 6.20 Å². The smallest absolute Gasteiger partial charge is 0.197 e. The first kappa shape index (κ1) is 12.2. The van der Waals surface area contributed by atoms with Crippen LogP contribution < -0.4 is 11.3 Å². The van der Waals surface area contributed by atoms with E-state index in [4.69, 9.17) is 5.84 Å². The second kappa shape index (κ2) is 5.89. The van der Waals surface area contributed by atoms with Crippen LogP contribution in [0.3, 0.4) is 0 Å². The highest BCUT2D eigenvalue weighted by molar-refractivity contribution is 7.99. The van der Waals surface area contributed by atoms with Crippen molar-refractivity contribution in [1.29, 1.82) is 0 Å². The SMILES string of the molecule is CC1CCCC(SCc2cnc(NN)s2)C1. The van der Waals surface area contributed by atoms with Crippen LogP contribution in [0, 0.1) is 5.92 Å². The van der Waals surface area contributed by atoms with Crippen molar-refractivity contribution < 1.29 is 0 Å². The van der Waals surface area contributed by atoms with Gasteiger partial charge in [-0.05, 0) is 18.8 Å². The summed E-state index contributed by atoms with van der Waals surface area (Å²) in [7, 11) is 0. The molecule has 1 aliphatic carbocycles. The zero-order valence-corrected chi connectivity index (χ0v) is 11.2. The molecule has 0 radical (unpaired) electrons. The van der Waals surface area contributed by atoms with E-state index >= 15 is 0 Å². The molecule has 1 aromatic rings. The molecular formula is C11H19N3S2. The molecule has 0 aliphatic heterocycles. The maximum atomic E-state index is 5.31. The maximum Gasteiger partial charge on any atom is 0.197 e. The largest absolute Gasteiger partial charge is 0.300 e. The number of hydrazine groups is 1. The molecule has 1 saturated carbocycles. The first-order valence-corrected chi connectivity index (χ1v) is 7.67. The molecule has 3 N–H and O–H groups in total. The Labute approximate surface area is 105 Å². The number of thiazole rings is 1. The Kier molecular flexibility index (Phi) is 4.49. The van der Waals surface area contributed by atoms with Gasteiger partial charge in [0.05, 0.1) is 0 Å². The van der Waals surface area contributed by atoms with E-state index in [1.165, 1.54) is 30.6 Å². The van der Waals surface area contributed by atoms with Crippen LogP contribution in [0.4, 0.5) is 5.13 Å². The van der Waals surface area contributed by atoms with Crippen LogP contribution in [0.5, 0.6) is 0 Å². The number of hydrogen-bond acceptors (Lipinski definition) is 5. The fourth-order valence-electron chi connectivity index (χ4n) is 2.17. The van der Waals surface area contributed by atoms with Crippen LogP contribution in [-0.2, 0) is 5.75 Å². The van der Waals surface area contributed by atoms with E-state index in [0.717, 1.165) is 22.1 Å². The van der Waals surface area contributed by atoms with Gasteiger partial charge >= 0.3 is 0 Å². The molecule has 1 aromatic heterocycles. The van der Waals surface area contributed by atoms with E-state index in [-0.39, 0.29) is 0 Å². The lowest BCUT2D eigenvalue weighted by Gasteiger charge is -2.25. The van der Waals surface area contributed by atoms with E-state index in [1.807, 2.05) is 6.20 Å². The third-order valence-electron chi connectivity index (χ3n) is 3.03. The average Bonchev–Trinajstić information content (AvgIpc) is 2.74. The minimum Gasteiger partial charge on any atom is -0.300 e. The Morgan fingerprint density at radius 2 is 2.50 bits per heavy atom. The molecule has 1 fully saturated rings. The summed E-state index contributed by atoms with van der Waals surface area (Å²) in [5.74, 6) is 7.30. The summed E-state index contributed by atoms with van der Waals surface area (Å²) in [5, 5.41) is 1.66. The molecule has 2 unspecified atom stereocenters. The van der Waals surface area contributed by atoms with Crippen molar-refractivity contribution in [3.8, 4) is 0 Å². The summed E-state index contributed by atoms with van der Waals surface area (Å²) < 4.78 is 0. The van der Waals surface area contributed by atoms with Gasteiger partial charge in [-0.2, -0.15) is 11.8 Å². The lowest BCUT2D eigenvalue weighted by atomic mass is 9.91. The van der Waals surface area contributed by atoms with E-state index < -0.39 is 0 Å². The van der Waals surface area contributed by atoms with Gasteiger partial charge < -0.3 is 0 Å². The number of thioether (sulfide) groups is 1. The van der Waals surface area contributed by atoms with Gasteiger partial charge in [0.25, 0.3) is 0 Å². The van der Waals surface area contributed by atoms with Gasteiger partial charge in [-0.25, -0.2) is 10.8 Å². The predicted molar refractivity (Wildman–Crippen MR) is 72.6 cm³/mol. The third-order valence-corrected chi connectivity index (χ3v) is 5.52. The van der Waals surface area contributed by atoms with Crippen LogP contribution >= 0.6 is 23.1 Å². The van der Waals surface area contributed by atoms with Gasteiger partial charge in [-0.1, -0.05) is 19.8 Å². The Balaban J connectivity index is 1.78. The van der Waals surface area contributed by atoms with Gasteiger partial charge in [0, 0.05) is 22.1 Å². The first-order valence-electron chi connectivity index (χ1n) is 5.81. The number of hydrogen-bond donors (Lipinski definition) is 2. The number of anilines is 1. The first-order chi connectivity index (χ1) is 7.78. The van der Waals surface area contributed by atoms with Gasteiger partial charge in [0.2, 0.25) is 0 Å². The number of nitrogens with zero attached hydrogens (tertiary/aromatic N) is 1. The summed E-state index contributed by atoms with van der Waals surface area (Å²) in [5.41, 5.74) is 2.59. The van der Waals surface area contributed by atoms with Gasteiger partial charge in [-0.15, -0.1) is 11.3 Å². The van der Waals surface area contributed by atoms with E-state index in [2.05, 4.69) is 29.1 Å². The van der Waals surface area contributed by atoms with E-state index in [1.54, 1.807) is 11.3 Å². The predicted octanol–water partition coefficient (Wildman–Crippen LogP) is 3.24. The zero-order chi connectivity index (χ0) is 11.4. The number of rotatable bonds is 4. The molecule has 0 bridgehead atoms. The summed E-state index contributed by atoms with van der Waals surface area (Å²) in [4.78, 5) is 5.50.